The number of carbonyl (C=O) groups is 2. The largest absolute Gasteiger partial charge is 0.495 e. The van der Waals surface area contributed by atoms with Crippen LogP contribution in [-0.4, -0.2) is 50.9 Å². The van der Waals surface area contributed by atoms with Gasteiger partial charge in [-0.3, -0.25) is 4.79 Å². The summed E-state index contributed by atoms with van der Waals surface area (Å²) in [6.07, 6.45) is 2.25. The molecule has 0 bridgehead atoms. The number of halogens is 1. The summed E-state index contributed by atoms with van der Waals surface area (Å²) in [4.78, 5) is 25.0. The number of rotatable bonds is 7. The summed E-state index contributed by atoms with van der Waals surface area (Å²) in [5.41, 5.74) is 0.629. The average Bonchev–Trinajstić information content (AvgIpc) is 3.11. The molecule has 0 aromatic heterocycles. The van der Waals surface area contributed by atoms with Gasteiger partial charge in [-0.2, -0.15) is 4.31 Å². The van der Waals surface area contributed by atoms with Crippen LogP contribution in [0.25, 0.3) is 0 Å². The van der Waals surface area contributed by atoms with Crippen LogP contribution in [0.2, 0.25) is 0 Å². The molecule has 0 radical (unpaired) electrons. The quantitative estimate of drug-likeness (QED) is 0.589. The predicted molar refractivity (Wildman–Crippen MR) is 125 cm³/mol. The van der Waals surface area contributed by atoms with Gasteiger partial charge in [0.05, 0.1) is 12.7 Å². The molecule has 1 amide bonds. The van der Waals surface area contributed by atoms with Gasteiger partial charge >= 0.3 is 5.97 Å². The summed E-state index contributed by atoms with van der Waals surface area (Å²) < 4.78 is 52.2. The second-order valence-corrected chi connectivity index (χ2v) is 10.1. The van der Waals surface area contributed by atoms with E-state index in [1.165, 1.54) is 54.7 Å². The highest BCUT2D eigenvalue weighted by atomic mass is 32.2. The predicted octanol–water partition coefficient (Wildman–Crippen LogP) is 3.89. The number of hydrogen-bond donors (Lipinski definition) is 1. The molecule has 1 aliphatic heterocycles. The average molecular weight is 493 g/mol. The number of anilines is 1. The third-order valence-corrected chi connectivity index (χ3v) is 7.59. The van der Waals surface area contributed by atoms with Gasteiger partial charge in [0.15, 0.2) is 6.10 Å². The summed E-state index contributed by atoms with van der Waals surface area (Å²) in [6.45, 7) is 3.77. The molecule has 1 heterocycles. The molecule has 10 heteroatoms. The molecular weight excluding hydrogens is 463 g/mol. The maximum absolute atomic E-state index is 13.7. The van der Waals surface area contributed by atoms with Crippen molar-refractivity contribution in [3.8, 4) is 5.75 Å². The van der Waals surface area contributed by atoms with E-state index in [-0.39, 0.29) is 21.9 Å². The lowest BCUT2D eigenvalue weighted by Crippen LogP contribution is -2.32. The van der Waals surface area contributed by atoms with Crippen LogP contribution in [0.1, 0.15) is 48.5 Å². The standard InChI is InChI=1S/C24H29FN2O6S/c1-16-8-10-19(15-20(16)25)26-23(28)17(2)33-24(29)18-9-11-21(32-3)22(14-18)34(30,31)27-12-6-4-5-7-13-27/h8-11,14-15,17H,4-7,12-13H2,1-3H3,(H,26,28). The van der Waals surface area contributed by atoms with Crippen LogP contribution in [0, 0.1) is 12.7 Å². The van der Waals surface area contributed by atoms with Gasteiger partial charge in [-0.25, -0.2) is 17.6 Å². The Morgan fingerprint density at radius 1 is 1.06 bits per heavy atom. The lowest BCUT2D eigenvalue weighted by Gasteiger charge is -2.21. The summed E-state index contributed by atoms with van der Waals surface area (Å²) in [5, 5.41) is 2.49. The maximum atomic E-state index is 13.7. The van der Waals surface area contributed by atoms with Crippen molar-refractivity contribution in [1.82, 2.24) is 4.31 Å². The Morgan fingerprint density at radius 2 is 1.74 bits per heavy atom. The van der Waals surface area contributed by atoms with Gasteiger partial charge in [-0.15, -0.1) is 0 Å². The van der Waals surface area contributed by atoms with Gasteiger partial charge < -0.3 is 14.8 Å². The molecule has 1 saturated heterocycles. The lowest BCUT2D eigenvalue weighted by molar-refractivity contribution is -0.123. The Bertz CT molecular complexity index is 1160. The van der Waals surface area contributed by atoms with E-state index in [0.29, 0.717) is 18.7 Å². The van der Waals surface area contributed by atoms with Crippen LogP contribution in [0.5, 0.6) is 5.75 Å². The molecule has 0 spiro atoms. The van der Waals surface area contributed by atoms with Crippen molar-refractivity contribution in [3.63, 3.8) is 0 Å². The number of sulfonamides is 1. The van der Waals surface area contributed by atoms with Crippen molar-refractivity contribution in [2.75, 3.05) is 25.5 Å². The molecule has 1 atom stereocenters. The van der Waals surface area contributed by atoms with Gasteiger partial charge in [0, 0.05) is 18.8 Å². The molecule has 3 rings (SSSR count). The van der Waals surface area contributed by atoms with E-state index in [1.54, 1.807) is 6.92 Å². The van der Waals surface area contributed by atoms with Gasteiger partial charge in [0.2, 0.25) is 10.0 Å². The van der Waals surface area contributed by atoms with Gasteiger partial charge in [0.1, 0.15) is 16.5 Å². The van der Waals surface area contributed by atoms with Crippen molar-refractivity contribution < 1.29 is 31.9 Å². The minimum absolute atomic E-state index is 0.0322. The summed E-state index contributed by atoms with van der Waals surface area (Å²) in [7, 11) is -2.54. The first-order valence-corrected chi connectivity index (χ1v) is 12.5. The SMILES string of the molecule is COc1ccc(C(=O)OC(C)C(=O)Nc2ccc(C)c(F)c2)cc1S(=O)(=O)N1CCCCCC1. The Hall–Kier alpha value is -2.98. The lowest BCUT2D eigenvalue weighted by atomic mass is 10.2. The minimum Gasteiger partial charge on any atom is -0.495 e. The fourth-order valence-corrected chi connectivity index (χ4v) is 5.32. The second-order valence-electron chi connectivity index (χ2n) is 8.18. The van der Waals surface area contributed by atoms with E-state index < -0.39 is 33.8 Å². The topological polar surface area (TPSA) is 102 Å². The molecular formula is C24H29FN2O6S. The van der Waals surface area contributed by atoms with E-state index in [1.807, 2.05) is 0 Å². The van der Waals surface area contributed by atoms with E-state index >= 15 is 0 Å². The molecule has 1 N–H and O–H groups in total. The molecule has 2 aromatic rings. The monoisotopic (exact) mass is 492 g/mol. The fourth-order valence-electron chi connectivity index (χ4n) is 3.62. The highest BCUT2D eigenvalue weighted by molar-refractivity contribution is 7.89. The molecule has 1 unspecified atom stereocenters. The zero-order valence-electron chi connectivity index (χ0n) is 19.5. The molecule has 0 aliphatic carbocycles. The van der Waals surface area contributed by atoms with Gasteiger partial charge in [-0.1, -0.05) is 18.9 Å². The molecule has 2 aromatic carbocycles. The molecule has 184 valence electrons. The fraction of sp³-hybridized carbons (Fsp3) is 0.417. The van der Waals surface area contributed by atoms with Crippen molar-refractivity contribution in [2.24, 2.45) is 0 Å². The molecule has 34 heavy (non-hydrogen) atoms. The van der Waals surface area contributed by atoms with Crippen molar-refractivity contribution >= 4 is 27.6 Å². The molecule has 1 fully saturated rings. The highest BCUT2D eigenvalue weighted by Gasteiger charge is 2.30. The normalized spacial score (nSPS) is 15.8. The molecule has 1 aliphatic rings. The first-order chi connectivity index (χ1) is 16.1. The molecule has 8 nitrogen and oxygen atoms in total. The first kappa shape index (κ1) is 25.6. The summed E-state index contributed by atoms with van der Waals surface area (Å²) >= 11 is 0. The van der Waals surface area contributed by atoms with Crippen LogP contribution in [0.3, 0.4) is 0 Å². The Kier molecular flexibility index (Phi) is 8.27. The number of methoxy groups -OCH3 is 1. The van der Waals surface area contributed by atoms with Gasteiger partial charge in [-0.05, 0) is 62.6 Å². The summed E-state index contributed by atoms with van der Waals surface area (Å²) in [6, 6.07) is 8.20. The minimum atomic E-state index is -3.89. The number of ether oxygens (including phenoxy) is 2. The first-order valence-electron chi connectivity index (χ1n) is 11.1. The second kappa shape index (κ2) is 11.0. The number of aryl methyl sites for hydroxylation is 1. The number of esters is 1. The van der Waals surface area contributed by atoms with E-state index in [9.17, 15) is 22.4 Å². The smallest absolute Gasteiger partial charge is 0.338 e. The van der Waals surface area contributed by atoms with Crippen LogP contribution in [0.15, 0.2) is 41.3 Å². The van der Waals surface area contributed by atoms with E-state index in [2.05, 4.69) is 5.32 Å². The Labute approximate surface area is 199 Å². The third-order valence-electron chi connectivity index (χ3n) is 5.67. The number of hydrogen-bond acceptors (Lipinski definition) is 6. The van der Waals surface area contributed by atoms with Gasteiger partial charge in [0.25, 0.3) is 5.91 Å². The third kappa shape index (κ3) is 5.92. The van der Waals surface area contributed by atoms with Crippen molar-refractivity contribution in [1.29, 1.82) is 0 Å². The van der Waals surface area contributed by atoms with Crippen LogP contribution < -0.4 is 10.1 Å². The maximum Gasteiger partial charge on any atom is 0.338 e. The zero-order valence-corrected chi connectivity index (χ0v) is 20.3. The van der Waals surface area contributed by atoms with Crippen molar-refractivity contribution in [2.45, 2.75) is 50.5 Å². The summed E-state index contributed by atoms with van der Waals surface area (Å²) in [5.74, 6) is -1.87. The van der Waals surface area contributed by atoms with Crippen LogP contribution in [-0.2, 0) is 19.6 Å². The molecule has 0 saturated carbocycles. The highest BCUT2D eigenvalue weighted by Crippen LogP contribution is 2.30. The Morgan fingerprint density at radius 3 is 2.35 bits per heavy atom. The number of carbonyl (C=O) groups excluding carboxylic acids is 2. The zero-order chi connectivity index (χ0) is 24.9. The number of nitrogens with one attached hydrogen (secondary N) is 1. The number of nitrogens with zero attached hydrogens (tertiary/aromatic N) is 1. The number of amides is 1. The van der Waals surface area contributed by atoms with Crippen molar-refractivity contribution in [3.05, 3.63) is 53.3 Å². The van der Waals surface area contributed by atoms with E-state index in [4.69, 9.17) is 9.47 Å². The Balaban J connectivity index is 1.76. The van der Waals surface area contributed by atoms with Crippen LogP contribution >= 0.6 is 0 Å². The number of benzene rings is 2. The van der Waals surface area contributed by atoms with E-state index in [0.717, 1.165) is 25.7 Å². The van der Waals surface area contributed by atoms with Crippen LogP contribution in [0.4, 0.5) is 10.1 Å².